The third-order valence-electron chi connectivity index (χ3n) is 3.98. The smallest absolute Gasteiger partial charge is 0.255 e. The first-order chi connectivity index (χ1) is 9.65. The number of nitrogens with one attached hydrogen (secondary N) is 1. The van der Waals surface area contributed by atoms with Gasteiger partial charge in [0.25, 0.3) is 5.91 Å². The van der Waals surface area contributed by atoms with Crippen molar-refractivity contribution in [3.05, 3.63) is 30.4 Å². The van der Waals surface area contributed by atoms with Crippen LogP contribution in [0.5, 0.6) is 0 Å². The lowest BCUT2D eigenvalue weighted by Crippen LogP contribution is -2.38. The van der Waals surface area contributed by atoms with Crippen LogP contribution in [0.2, 0.25) is 0 Å². The first-order valence-electron chi connectivity index (χ1n) is 6.77. The number of carbonyl (C=O) groups excluding carboxylic acids is 1. The van der Waals surface area contributed by atoms with Gasteiger partial charge in [-0.1, -0.05) is 13.8 Å². The highest BCUT2D eigenvalue weighted by molar-refractivity contribution is 6.18. The molecule has 0 aromatic carbocycles. The highest BCUT2D eigenvalue weighted by Gasteiger charge is 2.26. The summed E-state index contributed by atoms with van der Waals surface area (Å²) in [6.45, 7) is 4.76. The van der Waals surface area contributed by atoms with Crippen molar-refractivity contribution in [2.75, 3.05) is 12.4 Å². The van der Waals surface area contributed by atoms with Gasteiger partial charge in [0, 0.05) is 30.2 Å². The summed E-state index contributed by atoms with van der Waals surface area (Å²) in [4.78, 5) is 16.3. The predicted octanol–water partition coefficient (Wildman–Crippen LogP) is 2.50. The van der Waals surface area contributed by atoms with E-state index in [0.717, 1.165) is 12.8 Å². The molecule has 0 aliphatic carbocycles. The molecular weight excluding hydrogens is 276 g/mol. The lowest BCUT2D eigenvalue weighted by molar-refractivity contribution is 0.0933. The van der Waals surface area contributed by atoms with Crippen LogP contribution in [-0.4, -0.2) is 32.9 Å². The van der Waals surface area contributed by atoms with E-state index in [0.29, 0.717) is 23.5 Å². The van der Waals surface area contributed by atoms with Crippen LogP contribution in [0.1, 0.15) is 37.0 Å². The molecule has 2 aromatic heterocycles. The Balaban J connectivity index is 2.13. The maximum atomic E-state index is 12.3. The Hall–Kier alpha value is -1.62. The van der Waals surface area contributed by atoms with Crippen molar-refractivity contribution in [3.63, 3.8) is 0 Å². The van der Waals surface area contributed by atoms with Crippen molar-refractivity contribution in [2.24, 2.45) is 5.41 Å². The lowest BCUT2D eigenvalue weighted by atomic mass is 9.84. The monoisotopic (exact) mass is 294 g/mol. The van der Waals surface area contributed by atoms with Gasteiger partial charge in [0.15, 0.2) is 0 Å². The average Bonchev–Trinajstić information content (AvgIpc) is 2.93. The molecule has 0 saturated heterocycles. The second kappa shape index (κ2) is 6.22. The van der Waals surface area contributed by atoms with Gasteiger partial charge in [-0.25, -0.2) is 4.52 Å². The van der Waals surface area contributed by atoms with Crippen molar-refractivity contribution in [2.45, 2.75) is 26.7 Å². The summed E-state index contributed by atoms with van der Waals surface area (Å²) in [7, 11) is 0. The van der Waals surface area contributed by atoms with Crippen molar-refractivity contribution in [3.8, 4) is 0 Å². The number of hydrogen-bond acceptors (Lipinski definition) is 3. The van der Waals surface area contributed by atoms with E-state index in [-0.39, 0.29) is 11.3 Å². The molecule has 0 aliphatic heterocycles. The van der Waals surface area contributed by atoms with Crippen LogP contribution in [0.4, 0.5) is 0 Å². The molecule has 108 valence electrons. The first-order valence-corrected chi connectivity index (χ1v) is 7.30. The number of alkyl halides is 1. The predicted molar refractivity (Wildman–Crippen MR) is 79.1 cm³/mol. The average molecular weight is 295 g/mol. The second-order valence-corrected chi connectivity index (χ2v) is 5.26. The van der Waals surface area contributed by atoms with Crippen LogP contribution >= 0.6 is 11.6 Å². The maximum absolute atomic E-state index is 12.3. The molecule has 2 heterocycles. The minimum absolute atomic E-state index is 0.0432. The van der Waals surface area contributed by atoms with Crippen molar-refractivity contribution < 1.29 is 4.79 Å². The molecule has 0 bridgehead atoms. The lowest BCUT2D eigenvalue weighted by Gasteiger charge is -2.29. The largest absolute Gasteiger partial charge is 0.351 e. The number of halogens is 1. The fraction of sp³-hybridized carbons (Fsp3) is 0.500. The molecule has 0 atom stereocenters. The van der Waals surface area contributed by atoms with E-state index in [2.05, 4.69) is 29.2 Å². The first kappa shape index (κ1) is 14.8. The number of amides is 1. The van der Waals surface area contributed by atoms with Crippen molar-refractivity contribution in [1.29, 1.82) is 0 Å². The molecule has 0 radical (unpaired) electrons. The van der Waals surface area contributed by atoms with E-state index in [1.54, 1.807) is 29.3 Å². The quantitative estimate of drug-likeness (QED) is 0.833. The third kappa shape index (κ3) is 2.77. The molecule has 0 aliphatic rings. The van der Waals surface area contributed by atoms with Gasteiger partial charge in [0.2, 0.25) is 0 Å². The number of carbonyl (C=O) groups is 1. The standard InChI is InChI=1S/C14H19ClN4O/c1-3-14(4-2,9-15)10-17-13(20)11-7-18-19-6-5-16-8-12(11)19/h5-8H,3-4,9-10H2,1-2H3,(H,17,20). The summed E-state index contributed by atoms with van der Waals surface area (Å²) < 4.78 is 1.64. The number of rotatable bonds is 6. The van der Waals surface area contributed by atoms with Gasteiger partial charge in [-0.2, -0.15) is 5.10 Å². The van der Waals surface area contributed by atoms with Gasteiger partial charge in [0.05, 0.1) is 23.5 Å². The molecule has 6 heteroatoms. The molecule has 0 fully saturated rings. The van der Waals surface area contributed by atoms with Crippen LogP contribution in [0.15, 0.2) is 24.8 Å². The summed E-state index contributed by atoms with van der Waals surface area (Å²) in [6, 6.07) is 0. The van der Waals surface area contributed by atoms with Gasteiger partial charge in [-0.3, -0.25) is 9.78 Å². The summed E-state index contributed by atoms with van der Waals surface area (Å²) >= 11 is 6.05. The highest BCUT2D eigenvalue weighted by Crippen LogP contribution is 2.27. The van der Waals surface area contributed by atoms with Crippen molar-refractivity contribution >= 4 is 23.0 Å². The Morgan fingerprint density at radius 1 is 1.40 bits per heavy atom. The highest BCUT2D eigenvalue weighted by atomic mass is 35.5. The topological polar surface area (TPSA) is 59.3 Å². The Morgan fingerprint density at radius 2 is 2.15 bits per heavy atom. The Labute approximate surface area is 123 Å². The Kier molecular flexibility index (Phi) is 4.60. The molecule has 0 unspecified atom stereocenters. The zero-order valence-electron chi connectivity index (χ0n) is 11.8. The zero-order valence-corrected chi connectivity index (χ0v) is 12.5. The number of fused-ring (bicyclic) bond motifs is 1. The molecule has 20 heavy (non-hydrogen) atoms. The van der Waals surface area contributed by atoms with Gasteiger partial charge >= 0.3 is 0 Å². The molecule has 0 spiro atoms. The van der Waals surface area contributed by atoms with Gasteiger partial charge in [0.1, 0.15) is 0 Å². The normalized spacial score (nSPS) is 11.8. The van der Waals surface area contributed by atoms with Crippen LogP contribution in [-0.2, 0) is 0 Å². The molecule has 0 saturated carbocycles. The van der Waals surface area contributed by atoms with E-state index in [4.69, 9.17) is 11.6 Å². The fourth-order valence-electron chi connectivity index (χ4n) is 2.11. The molecule has 2 aromatic rings. The number of hydrogen-bond donors (Lipinski definition) is 1. The van der Waals surface area contributed by atoms with Crippen molar-refractivity contribution in [1.82, 2.24) is 19.9 Å². The molecule has 5 nitrogen and oxygen atoms in total. The van der Waals surface area contributed by atoms with Crippen LogP contribution in [0.3, 0.4) is 0 Å². The van der Waals surface area contributed by atoms with Gasteiger partial charge in [-0.05, 0) is 12.8 Å². The molecule has 1 amide bonds. The van der Waals surface area contributed by atoms with Gasteiger partial charge in [-0.15, -0.1) is 11.6 Å². The Bertz CT molecular complexity index is 583. The van der Waals surface area contributed by atoms with Crippen LogP contribution in [0, 0.1) is 5.41 Å². The summed E-state index contributed by atoms with van der Waals surface area (Å²) in [5.41, 5.74) is 1.20. The summed E-state index contributed by atoms with van der Waals surface area (Å²) in [5.74, 6) is 0.403. The number of aromatic nitrogens is 3. The molecule has 1 N–H and O–H groups in total. The third-order valence-corrected chi connectivity index (χ3v) is 4.54. The van der Waals surface area contributed by atoms with E-state index in [1.165, 1.54) is 0 Å². The Morgan fingerprint density at radius 3 is 2.80 bits per heavy atom. The summed E-state index contributed by atoms with van der Waals surface area (Å²) in [6.07, 6.45) is 8.41. The SMILES string of the molecule is CCC(CC)(CCl)CNC(=O)c1cnn2ccncc12. The maximum Gasteiger partial charge on any atom is 0.255 e. The van der Waals surface area contributed by atoms with Crippen LogP contribution < -0.4 is 5.32 Å². The fourth-order valence-corrected chi connectivity index (χ4v) is 2.58. The van der Waals surface area contributed by atoms with E-state index in [9.17, 15) is 4.79 Å². The molecule has 2 rings (SSSR count). The van der Waals surface area contributed by atoms with E-state index in [1.807, 2.05) is 0 Å². The zero-order chi connectivity index (χ0) is 14.6. The van der Waals surface area contributed by atoms with E-state index >= 15 is 0 Å². The number of nitrogens with zero attached hydrogens (tertiary/aromatic N) is 3. The van der Waals surface area contributed by atoms with E-state index < -0.39 is 0 Å². The van der Waals surface area contributed by atoms with Gasteiger partial charge < -0.3 is 5.32 Å². The summed E-state index contributed by atoms with van der Waals surface area (Å²) in [5, 5.41) is 7.10. The van der Waals surface area contributed by atoms with Crippen LogP contribution in [0.25, 0.3) is 5.52 Å². The minimum Gasteiger partial charge on any atom is -0.351 e. The second-order valence-electron chi connectivity index (χ2n) is 4.99. The minimum atomic E-state index is -0.135. The molecular formula is C14H19ClN4O.